The van der Waals surface area contributed by atoms with Gasteiger partial charge >= 0.3 is 0 Å². The minimum atomic E-state index is -0.422. The number of aryl methyl sites for hydroxylation is 1. The summed E-state index contributed by atoms with van der Waals surface area (Å²) in [7, 11) is 3.51. The van der Waals surface area contributed by atoms with Crippen molar-refractivity contribution in [3.63, 3.8) is 0 Å². The van der Waals surface area contributed by atoms with E-state index in [0.29, 0.717) is 5.56 Å². The van der Waals surface area contributed by atoms with E-state index < -0.39 is 5.82 Å². The summed E-state index contributed by atoms with van der Waals surface area (Å²) in [5.41, 5.74) is 1.25. The summed E-state index contributed by atoms with van der Waals surface area (Å²) in [6, 6.07) is 4.60. The van der Waals surface area contributed by atoms with Crippen LogP contribution >= 0.6 is 11.6 Å². The SMILES string of the molecule is CNC(c1cccc(Cl)c1F)c1cnnn1C. The first-order valence-corrected chi connectivity index (χ1v) is 5.48. The van der Waals surface area contributed by atoms with Crippen molar-refractivity contribution in [1.29, 1.82) is 0 Å². The summed E-state index contributed by atoms with van der Waals surface area (Å²) < 4.78 is 15.5. The number of aromatic nitrogens is 3. The lowest BCUT2D eigenvalue weighted by Crippen LogP contribution is -2.21. The molecule has 1 heterocycles. The van der Waals surface area contributed by atoms with E-state index in [9.17, 15) is 4.39 Å². The largest absolute Gasteiger partial charge is 0.308 e. The maximum Gasteiger partial charge on any atom is 0.146 e. The van der Waals surface area contributed by atoms with Crippen molar-refractivity contribution in [3.8, 4) is 0 Å². The first-order valence-electron chi connectivity index (χ1n) is 5.11. The Morgan fingerprint density at radius 2 is 2.24 bits per heavy atom. The Morgan fingerprint density at radius 3 is 2.82 bits per heavy atom. The zero-order chi connectivity index (χ0) is 12.4. The zero-order valence-corrected chi connectivity index (χ0v) is 10.2. The van der Waals surface area contributed by atoms with Gasteiger partial charge in [-0.15, -0.1) is 5.10 Å². The van der Waals surface area contributed by atoms with Crippen molar-refractivity contribution in [2.45, 2.75) is 6.04 Å². The van der Waals surface area contributed by atoms with E-state index in [2.05, 4.69) is 15.6 Å². The fourth-order valence-corrected chi connectivity index (χ4v) is 1.95. The molecule has 1 aromatic heterocycles. The van der Waals surface area contributed by atoms with Crippen LogP contribution in [0.5, 0.6) is 0 Å². The van der Waals surface area contributed by atoms with Gasteiger partial charge < -0.3 is 5.32 Å². The maximum absolute atomic E-state index is 13.9. The van der Waals surface area contributed by atoms with E-state index in [1.165, 1.54) is 6.07 Å². The van der Waals surface area contributed by atoms with Gasteiger partial charge in [-0.2, -0.15) is 0 Å². The van der Waals surface area contributed by atoms with E-state index in [-0.39, 0.29) is 11.1 Å². The minimum Gasteiger partial charge on any atom is -0.308 e. The molecule has 0 saturated heterocycles. The molecule has 2 rings (SSSR count). The van der Waals surface area contributed by atoms with Crippen LogP contribution in [0.4, 0.5) is 4.39 Å². The van der Waals surface area contributed by atoms with Gasteiger partial charge in [0, 0.05) is 12.6 Å². The monoisotopic (exact) mass is 254 g/mol. The van der Waals surface area contributed by atoms with Crippen molar-refractivity contribution in [1.82, 2.24) is 20.3 Å². The van der Waals surface area contributed by atoms with Crippen LogP contribution in [0.25, 0.3) is 0 Å². The smallest absolute Gasteiger partial charge is 0.146 e. The molecule has 1 N–H and O–H groups in total. The van der Waals surface area contributed by atoms with Crippen LogP contribution in [0.1, 0.15) is 17.3 Å². The van der Waals surface area contributed by atoms with Gasteiger partial charge in [-0.3, -0.25) is 4.68 Å². The van der Waals surface area contributed by atoms with Crippen LogP contribution in [0.15, 0.2) is 24.4 Å². The number of hydrogen-bond acceptors (Lipinski definition) is 3. The number of benzene rings is 1. The molecule has 4 nitrogen and oxygen atoms in total. The summed E-state index contributed by atoms with van der Waals surface area (Å²) in [4.78, 5) is 0. The second kappa shape index (κ2) is 4.81. The third-order valence-electron chi connectivity index (χ3n) is 2.63. The van der Waals surface area contributed by atoms with Crippen LogP contribution in [-0.4, -0.2) is 22.0 Å². The molecular formula is C11H12ClFN4. The van der Waals surface area contributed by atoms with Crippen LogP contribution in [0.2, 0.25) is 5.02 Å². The van der Waals surface area contributed by atoms with Gasteiger partial charge in [0.1, 0.15) is 5.82 Å². The lowest BCUT2D eigenvalue weighted by atomic mass is 10.0. The van der Waals surface area contributed by atoms with Crippen molar-refractivity contribution in [2.24, 2.45) is 7.05 Å². The summed E-state index contributed by atoms with van der Waals surface area (Å²) in [6.07, 6.45) is 1.60. The molecule has 0 aliphatic heterocycles. The van der Waals surface area contributed by atoms with Gasteiger partial charge in [0.2, 0.25) is 0 Å². The lowest BCUT2D eigenvalue weighted by Gasteiger charge is -2.17. The molecule has 1 unspecified atom stereocenters. The van der Waals surface area contributed by atoms with Gasteiger partial charge in [0.25, 0.3) is 0 Å². The lowest BCUT2D eigenvalue weighted by molar-refractivity contribution is 0.550. The van der Waals surface area contributed by atoms with Crippen LogP contribution in [-0.2, 0) is 7.05 Å². The predicted molar refractivity (Wildman–Crippen MR) is 63.3 cm³/mol. The Balaban J connectivity index is 2.50. The molecule has 0 aliphatic carbocycles. The van der Waals surface area contributed by atoms with Crippen LogP contribution in [0.3, 0.4) is 0 Å². The van der Waals surface area contributed by atoms with Crippen molar-refractivity contribution in [3.05, 3.63) is 46.5 Å². The molecule has 0 saturated carbocycles. The Hall–Kier alpha value is -1.46. The third kappa shape index (κ3) is 2.16. The number of nitrogens with zero attached hydrogens (tertiary/aromatic N) is 3. The fourth-order valence-electron chi connectivity index (χ4n) is 1.77. The number of hydrogen-bond donors (Lipinski definition) is 1. The van der Waals surface area contributed by atoms with Crippen molar-refractivity contribution < 1.29 is 4.39 Å². The van der Waals surface area contributed by atoms with Gasteiger partial charge in [0.05, 0.1) is 23.0 Å². The summed E-state index contributed by atoms with van der Waals surface area (Å²) in [6.45, 7) is 0. The van der Waals surface area contributed by atoms with Gasteiger partial charge in [0.15, 0.2) is 0 Å². The highest BCUT2D eigenvalue weighted by Crippen LogP contribution is 2.27. The Labute approximate surface area is 103 Å². The number of halogens is 2. The topological polar surface area (TPSA) is 42.7 Å². The Morgan fingerprint density at radius 1 is 1.47 bits per heavy atom. The molecule has 17 heavy (non-hydrogen) atoms. The molecule has 0 radical (unpaired) electrons. The Kier molecular flexibility index (Phi) is 3.40. The molecule has 0 amide bonds. The highest BCUT2D eigenvalue weighted by atomic mass is 35.5. The highest BCUT2D eigenvalue weighted by Gasteiger charge is 2.20. The molecule has 0 aliphatic rings. The van der Waals surface area contributed by atoms with Crippen LogP contribution < -0.4 is 5.32 Å². The van der Waals surface area contributed by atoms with E-state index in [4.69, 9.17) is 11.6 Å². The maximum atomic E-state index is 13.9. The predicted octanol–water partition coefficient (Wildman–Crippen LogP) is 1.92. The summed E-state index contributed by atoms with van der Waals surface area (Å²) in [5.74, 6) is -0.422. The van der Waals surface area contributed by atoms with Crippen LogP contribution in [0, 0.1) is 5.82 Å². The molecule has 0 spiro atoms. The van der Waals surface area contributed by atoms with Gasteiger partial charge in [-0.25, -0.2) is 4.39 Å². The van der Waals surface area contributed by atoms with Gasteiger partial charge in [-0.1, -0.05) is 28.9 Å². The van der Waals surface area contributed by atoms with Crippen molar-refractivity contribution in [2.75, 3.05) is 7.05 Å². The minimum absolute atomic E-state index is 0.109. The second-order valence-corrected chi connectivity index (χ2v) is 4.05. The van der Waals surface area contributed by atoms with Gasteiger partial charge in [-0.05, 0) is 13.1 Å². The molecular weight excluding hydrogens is 243 g/mol. The molecule has 1 atom stereocenters. The highest BCUT2D eigenvalue weighted by molar-refractivity contribution is 6.30. The third-order valence-corrected chi connectivity index (χ3v) is 2.92. The summed E-state index contributed by atoms with van der Waals surface area (Å²) >= 11 is 5.78. The standard InChI is InChI=1S/C11H12ClFN4/c1-14-11(9-6-15-16-17(9)2)7-4-3-5-8(12)10(7)13/h3-6,11,14H,1-2H3. The normalized spacial score (nSPS) is 12.7. The molecule has 0 fully saturated rings. The molecule has 90 valence electrons. The van der Waals surface area contributed by atoms with E-state index in [0.717, 1.165) is 5.69 Å². The Bertz CT molecular complexity index is 526. The molecule has 2 aromatic rings. The van der Waals surface area contributed by atoms with Crippen molar-refractivity contribution >= 4 is 11.6 Å². The number of rotatable bonds is 3. The molecule has 0 bridgehead atoms. The first kappa shape index (κ1) is 12.0. The average Bonchev–Trinajstić information content (AvgIpc) is 2.72. The zero-order valence-electron chi connectivity index (χ0n) is 9.48. The fraction of sp³-hybridized carbons (Fsp3) is 0.273. The summed E-state index contributed by atoms with van der Waals surface area (Å²) in [5, 5.41) is 10.8. The first-order chi connectivity index (χ1) is 8.15. The molecule has 1 aromatic carbocycles. The molecule has 6 heteroatoms. The van der Waals surface area contributed by atoms with E-state index in [1.54, 1.807) is 37.1 Å². The number of nitrogens with one attached hydrogen (secondary N) is 1. The average molecular weight is 255 g/mol. The second-order valence-electron chi connectivity index (χ2n) is 3.65. The van der Waals surface area contributed by atoms with E-state index >= 15 is 0 Å². The quantitative estimate of drug-likeness (QED) is 0.910. The van der Waals surface area contributed by atoms with E-state index in [1.807, 2.05) is 0 Å².